The van der Waals surface area contributed by atoms with E-state index in [-0.39, 0.29) is 11.9 Å². The highest BCUT2D eigenvalue weighted by Gasteiger charge is 2.29. The number of rotatable bonds is 5. The van der Waals surface area contributed by atoms with Gasteiger partial charge in [-0.25, -0.2) is 4.39 Å². The highest BCUT2D eigenvalue weighted by Crippen LogP contribution is 2.25. The lowest BCUT2D eigenvalue weighted by Crippen LogP contribution is -2.45. The van der Waals surface area contributed by atoms with Crippen molar-refractivity contribution >= 4 is 0 Å². The van der Waals surface area contributed by atoms with E-state index in [1.165, 1.54) is 23.3 Å². The first-order chi connectivity index (χ1) is 11.7. The molecule has 1 aromatic heterocycles. The van der Waals surface area contributed by atoms with E-state index in [4.69, 9.17) is 4.74 Å². The first-order valence-corrected chi connectivity index (χ1v) is 8.56. The van der Waals surface area contributed by atoms with Crippen molar-refractivity contribution in [2.45, 2.75) is 32.4 Å². The fourth-order valence-electron chi connectivity index (χ4n) is 3.49. The number of nitrogens with zero attached hydrogens (tertiary/aromatic N) is 2. The van der Waals surface area contributed by atoms with E-state index in [0.29, 0.717) is 5.92 Å². The van der Waals surface area contributed by atoms with Gasteiger partial charge in [-0.05, 0) is 61.6 Å². The molecule has 1 aliphatic heterocycles. The van der Waals surface area contributed by atoms with Crippen molar-refractivity contribution in [3.8, 4) is 0 Å². The molecule has 4 heteroatoms. The molecule has 24 heavy (non-hydrogen) atoms. The zero-order valence-corrected chi connectivity index (χ0v) is 14.4. The van der Waals surface area contributed by atoms with E-state index >= 15 is 0 Å². The van der Waals surface area contributed by atoms with Crippen molar-refractivity contribution in [2.75, 3.05) is 20.2 Å². The number of halogens is 1. The third kappa shape index (κ3) is 4.19. The molecule has 0 unspecified atom stereocenters. The van der Waals surface area contributed by atoms with Crippen LogP contribution in [0.4, 0.5) is 4.39 Å². The molecule has 0 N–H and O–H groups in total. The maximum absolute atomic E-state index is 13.1. The lowest BCUT2D eigenvalue weighted by atomic mass is 9.87. The van der Waals surface area contributed by atoms with Crippen molar-refractivity contribution < 1.29 is 9.13 Å². The van der Waals surface area contributed by atoms with E-state index in [2.05, 4.69) is 22.9 Å². The zero-order valence-electron chi connectivity index (χ0n) is 14.4. The molecule has 1 aromatic carbocycles. The predicted molar refractivity (Wildman–Crippen MR) is 93.3 cm³/mol. The van der Waals surface area contributed by atoms with Gasteiger partial charge < -0.3 is 4.74 Å². The molecule has 2 atom stereocenters. The number of aromatic nitrogens is 1. The summed E-state index contributed by atoms with van der Waals surface area (Å²) < 4.78 is 18.8. The Labute approximate surface area is 143 Å². The van der Waals surface area contributed by atoms with Crippen LogP contribution in [0.15, 0.2) is 42.6 Å². The summed E-state index contributed by atoms with van der Waals surface area (Å²) in [6.07, 6.45) is 4.09. The molecule has 128 valence electrons. The van der Waals surface area contributed by atoms with Crippen LogP contribution in [-0.2, 0) is 17.7 Å². The number of aryl methyl sites for hydroxylation is 1. The largest absolute Gasteiger partial charge is 0.380 e. The number of methoxy groups -OCH3 is 1. The third-order valence-electron chi connectivity index (χ3n) is 4.99. The van der Waals surface area contributed by atoms with Crippen molar-refractivity contribution in [1.82, 2.24) is 9.88 Å². The number of hydrogen-bond acceptors (Lipinski definition) is 3. The normalized spacial score (nSPS) is 21.8. The number of benzene rings is 1. The number of pyridine rings is 1. The molecule has 1 fully saturated rings. The second-order valence-corrected chi connectivity index (χ2v) is 6.66. The smallest absolute Gasteiger partial charge is 0.123 e. The van der Waals surface area contributed by atoms with Crippen molar-refractivity contribution in [3.05, 3.63) is 65.2 Å². The van der Waals surface area contributed by atoms with Gasteiger partial charge >= 0.3 is 0 Å². The standard InChI is InChI=1S/C20H25FN2O/c1-15-4-3-10-22-19(15)13-23-11-9-17(20(14-23)24-2)12-16-5-7-18(21)8-6-16/h3-8,10,17,20H,9,11-14H2,1-2H3/t17-,20-/m1/s1. The maximum atomic E-state index is 13.1. The Bertz CT molecular complexity index is 659. The van der Waals surface area contributed by atoms with Crippen LogP contribution in [0.2, 0.25) is 0 Å². The molecule has 2 aromatic rings. The molecular weight excluding hydrogens is 303 g/mol. The molecule has 0 saturated carbocycles. The lowest BCUT2D eigenvalue weighted by Gasteiger charge is -2.38. The van der Waals surface area contributed by atoms with Crippen LogP contribution in [0.3, 0.4) is 0 Å². The van der Waals surface area contributed by atoms with Gasteiger partial charge in [-0.1, -0.05) is 18.2 Å². The summed E-state index contributed by atoms with van der Waals surface area (Å²) in [6.45, 7) is 4.94. The first kappa shape index (κ1) is 17.1. The minimum Gasteiger partial charge on any atom is -0.380 e. The average molecular weight is 328 g/mol. The number of ether oxygens (including phenoxy) is 1. The summed E-state index contributed by atoms with van der Waals surface area (Å²) in [5.74, 6) is 0.295. The molecule has 0 spiro atoms. The summed E-state index contributed by atoms with van der Waals surface area (Å²) in [4.78, 5) is 6.92. The topological polar surface area (TPSA) is 25.4 Å². The minimum absolute atomic E-state index is 0.178. The molecule has 3 nitrogen and oxygen atoms in total. The van der Waals surface area contributed by atoms with E-state index in [9.17, 15) is 4.39 Å². The third-order valence-corrected chi connectivity index (χ3v) is 4.99. The first-order valence-electron chi connectivity index (χ1n) is 8.56. The van der Waals surface area contributed by atoms with Crippen LogP contribution >= 0.6 is 0 Å². The van der Waals surface area contributed by atoms with Gasteiger partial charge in [0.15, 0.2) is 0 Å². The number of hydrogen-bond donors (Lipinski definition) is 0. The lowest BCUT2D eigenvalue weighted by molar-refractivity contribution is -0.0139. The van der Waals surface area contributed by atoms with Gasteiger partial charge in [0.05, 0.1) is 11.8 Å². The Kier molecular flexibility index (Phi) is 5.59. The van der Waals surface area contributed by atoms with Crippen LogP contribution in [0.5, 0.6) is 0 Å². The summed E-state index contributed by atoms with van der Waals surface area (Å²) in [7, 11) is 1.79. The summed E-state index contributed by atoms with van der Waals surface area (Å²) in [5, 5.41) is 0. The van der Waals surface area contributed by atoms with Gasteiger partial charge in [0.1, 0.15) is 5.82 Å². The van der Waals surface area contributed by atoms with Gasteiger partial charge in [0.2, 0.25) is 0 Å². The van der Waals surface area contributed by atoms with Gasteiger partial charge in [0.25, 0.3) is 0 Å². The van der Waals surface area contributed by atoms with E-state index in [1.54, 1.807) is 7.11 Å². The molecule has 3 rings (SSSR count). The molecular formula is C20H25FN2O. The molecule has 1 aliphatic rings. The highest BCUT2D eigenvalue weighted by atomic mass is 19.1. The Balaban J connectivity index is 1.61. The quantitative estimate of drug-likeness (QED) is 0.838. The van der Waals surface area contributed by atoms with Crippen molar-refractivity contribution in [1.29, 1.82) is 0 Å². The Morgan fingerprint density at radius 1 is 1.25 bits per heavy atom. The molecule has 2 heterocycles. The highest BCUT2D eigenvalue weighted by molar-refractivity contribution is 5.18. The van der Waals surface area contributed by atoms with Gasteiger partial charge in [0, 0.05) is 26.4 Å². The Morgan fingerprint density at radius 2 is 2.04 bits per heavy atom. The maximum Gasteiger partial charge on any atom is 0.123 e. The van der Waals surface area contributed by atoms with Crippen LogP contribution in [-0.4, -0.2) is 36.2 Å². The molecule has 1 saturated heterocycles. The van der Waals surface area contributed by atoms with Crippen LogP contribution in [0.25, 0.3) is 0 Å². The minimum atomic E-state index is -0.178. The van der Waals surface area contributed by atoms with Crippen molar-refractivity contribution in [3.63, 3.8) is 0 Å². The summed E-state index contributed by atoms with van der Waals surface area (Å²) >= 11 is 0. The van der Waals surface area contributed by atoms with Crippen LogP contribution < -0.4 is 0 Å². The fourth-order valence-corrected chi connectivity index (χ4v) is 3.49. The number of piperidine rings is 1. The summed E-state index contributed by atoms with van der Waals surface area (Å²) in [6, 6.07) is 10.9. The van der Waals surface area contributed by atoms with Gasteiger partial charge in [-0.3, -0.25) is 9.88 Å². The van der Waals surface area contributed by atoms with Crippen LogP contribution in [0.1, 0.15) is 23.2 Å². The number of likely N-dealkylation sites (tertiary alicyclic amines) is 1. The van der Waals surface area contributed by atoms with E-state index in [0.717, 1.165) is 38.2 Å². The molecule has 0 aliphatic carbocycles. The van der Waals surface area contributed by atoms with Gasteiger partial charge in [-0.15, -0.1) is 0 Å². The van der Waals surface area contributed by atoms with Gasteiger partial charge in [-0.2, -0.15) is 0 Å². The Hall–Kier alpha value is -1.78. The molecule has 0 radical (unpaired) electrons. The van der Waals surface area contributed by atoms with E-state index < -0.39 is 0 Å². The second-order valence-electron chi connectivity index (χ2n) is 6.66. The molecule has 0 amide bonds. The predicted octanol–water partition coefficient (Wildman–Crippen LogP) is 3.61. The van der Waals surface area contributed by atoms with Crippen LogP contribution in [0, 0.1) is 18.7 Å². The SMILES string of the molecule is CO[C@@H]1CN(Cc2ncccc2C)CC[C@@H]1Cc1ccc(F)cc1. The van der Waals surface area contributed by atoms with Crippen molar-refractivity contribution in [2.24, 2.45) is 5.92 Å². The summed E-state index contributed by atoms with van der Waals surface area (Å²) in [5.41, 5.74) is 3.56. The zero-order chi connectivity index (χ0) is 16.9. The molecule has 0 bridgehead atoms. The fraction of sp³-hybridized carbons (Fsp3) is 0.450. The monoisotopic (exact) mass is 328 g/mol. The van der Waals surface area contributed by atoms with E-state index in [1.807, 2.05) is 24.4 Å². The Morgan fingerprint density at radius 3 is 2.75 bits per heavy atom. The average Bonchev–Trinajstić information content (AvgIpc) is 2.60. The second kappa shape index (κ2) is 7.86.